The molecule has 3 heterocycles. The van der Waals surface area contributed by atoms with Gasteiger partial charge in [0, 0.05) is 13.0 Å². The fourth-order valence-electron chi connectivity index (χ4n) is 5.58. The highest BCUT2D eigenvalue weighted by atomic mass is 28.4. The second-order valence-corrected chi connectivity index (χ2v) is 16.5. The zero-order valence-electron chi connectivity index (χ0n) is 21.2. The summed E-state index contributed by atoms with van der Waals surface area (Å²) in [4.78, 5) is 27.9. The molecule has 4 rings (SSSR count). The Labute approximate surface area is 209 Å². The van der Waals surface area contributed by atoms with Gasteiger partial charge in [-0.1, -0.05) is 20.8 Å². The minimum atomic E-state index is -4.84. The summed E-state index contributed by atoms with van der Waals surface area (Å²) in [7, 11) is -2.12. The lowest BCUT2D eigenvalue weighted by atomic mass is 9.66. The maximum atomic E-state index is 13.6. The average molecular weight is 525 g/mol. The number of ether oxygens (including phenoxy) is 1. The van der Waals surface area contributed by atoms with Gasteiger partial charge in [-0.2, -0.15) is 18.4 Å². The number of amides is 2. The van der Waals surface area contributed by atoms with Gasteiger partial charge in [-0.25, -0.2) is 4.90 Å². The Morgan fingerprint density at radius 2 is 1.83 bits per heavy atom. The van der Waals surface area contributed by atoms with Crippen molar-refractivity contribution in [3.63, 3.8) is 0 Å². The van der Waals surface area contributed by atoms with E-state index in [0.717, 1.165) is 11.0 Å². The van der Waals surface area contributed by atoms with Crippen molar-refractivity contribution in [2.45, 2.75) is 82.2 Å². The molecule has 0 aromatic heterocycles. The third kappa shape index (κ3) is 3.81. The van der Waals surface area contributed by atoms with Crippen molar-refractivity contribution in [3.05, 3.63) is 29.3 Å². The molecule has 0 spiro atoms. The summed E-state index contributed by atoms with van der Waals surface area (Å²) in [5.74, 6) is -3.36. The maximum Gasteiger partial charge on any atom is 0.417 e. The van der Waals surface area contributed by atoms with E-state index in [-0.39, 0.29) is 30.2 Å². The van der Waals surface area contributed by atoms with Crippen LogP contribution in [0.5, 0.6) is 0 Å². The van der Waals surface area contributed by atoms with Crippen molar-refractivity contribution >= 4 is 25.8 Å². The summed E-state index contributed by atoms with van der Waals surface area (Å²) in [6.07, 6.45) is -5.47. The third-order valence-corrected chi connectivity index (χ3v) is 13.1. The first-order chi connectivity index (χ1) is 16.4. The molecule has 1 aromatic carbocycles. The number of rotatable bonds is 5. The van der Waals surface area contributed by atoms with Crippen molar-refractivity contribution in [1.82, 2.24) is 0 Å². The van der Waals surface area contributed by atoms with Crippen molar-refractivity contribution in [1.29, 1.82) is 5.26 Å². The molecule has 1 aromatic rings. The van der Waals surface area contributed by atoms with E-state index < -0.39 is 66.6 Å². The molecule has 2 unspecified atom stereocenters. The number of halogens is 3. The highest BCUT2D eigenvalue weighted by Crippen LogP contribution is 2.62. The van der Waals surface area contributed by atoms with Crippen LogP contribution in [0.3, 0.4) is 0 Å². The number of carbonyl (C=O) groups excluding carboxylic acids is 2. The minimum Gasteiger partial charge on any atom is -0.417 e. The number of hydrogen-bond acceptors (Lipinski definition) is 6. The molecular weight excluding hydrogens is 493 g/mol. The van der Waals surface area contributed by atoms with Crippen molar-refractivity contribution < 1.29 is 37.0 Å². The summed E-state index contributed by atoms with van der Waals surface area (Å²) in [6.45, 7) is 12.3. The summed E-state index contributed by atoms with van der Waals surface area (Å²) in [6, 6.07) is 4.28. The van der Waals surface area contributed by atoms with Gasteiger partial charge >= 0.3 is 6.18 Å². The van der Waals surface area contributed by atoms with E-state index in [9.17, 15) is 27.9 Å². The molecule has 5 atom stereocenters. The van der Waals surface area contributed by atoms with Crippen LogP contribution in [0.1, 0.15) is 51.7 Å². The monoisotopic (exact) mass is 524 g/mol. The van der Waals surface area contributed by atoms with Gasteiger partial charge < -0.3 is 14.3 Å². The standard InChI is InChI=1S/C25H31F3N2O5Si/c1-22(2,3)36(5,6)34-10-9-24-12-17(31)23(4,35-24)18-19(24)21(33)30(20(18)32)15-8-7-14(13-29)16(11-15)25(26,27)28/h7-8,11,17-19,31H,9-10,12H2,1-6H3/t17-,18-,19+,23?,24?/m0/s1. The Kier molecular flexibility index (Phi) is 6.04. The van der Waals surface area contributed by atoms with Gasteiger partial charge in [0.05, 0.1) is 46.4 Å². The first kappa shape index (κ1) is 26.8. The number of benzene rings is 1. The lowest BCUT2D eigenvalue weighted by molar-refractivity contribution is -0.138. The molecule has 196 valence electrons. The molecule has 3 fully saturated rings. The molecule has 7 nitrogen and oxygen atoms in total. The lowest BCUT2D eigenvalue weighted by Gasteiger charge is -2.38. The largest absolute Gasteiger partial charge is 0.417 e. The molecule has 2 amide bonds. The van der Waals surface area contributed by atoms with Crippen LogP contribution < -0.4 is 4.90 Å². The van der Waals surface area contributed by atoms with E-state index >= 15 is 0 Å². The quantitative estimate of drug-likeness (QED) is 0.453. The molecule has 0 aliphatic carbocycles. The topological polar surface area (TPSA) is 99.9 Å². The first-order valence-electron chi connectivity index (χ1n) is 11.9. The fourth-order valence-corrected chi connectivity index (χ4v) is 6.62. The van der Waals surface area contributed by atoms with Gasteiger partial charge in [0.2, 0.25) is 11.8 Å². The van der Waals surface area contributed by atoms with Crippen LogP contribution in [0.2, 0.25) is 18.1 Å². The summed E-state index contributed by atoms with van der Waals surface area (Å²) in [5.41, 5.74) is -4.58. The number of hydrogen-bond donors (Lipinski definition) is 1. The van der Waals surface area contributed by atoms with Crippen LogP contribution in [0, 0.1) is 23.2 Å². The minimum absolute atomic E-state index is 0.0465. The Morgan fingerprint density at radius 3 is 2.39 bits per heavy atom. The number of nitriles is 1. The van der Waals surface area contributed by atoms with Crippen molar-refractivity contribution in [2.24, 2.45) is 11.8 Å². The molecule has 3 saturated heterocycles. The molecule has 36 heavy (non-hydrogen) atoms. The zero-order chi connectivity index (χ0) is 27.1. The Hall–Kier alpha value is -2.26. The number of alkyl halides is 3. The van der Waals surface area contributed by atoms with Gasteiger partial charge in [0.25, 0.3) is 0 Å². The van der Waals surface area contributed by atoms with Crippen LogP contribution in [0.4, 0.5) is 18.9 Å². The molecular formula is C25H31F3N2O5Si. The number of fused-ring (bicyclic) bond motifs is 5. The van der Waals surface area contributed by atoms with Crippen LogP contribution >= 0.6 is 0 Å². The molecule has 3 aliphatic rings. The lowest BCUT2D eigenvalue weighted by Crippen LogP contribution is -2.50. The number of aliphatic hydroxyl groups is 1. The molecule has 0 saturated carbocycles. The number of imide groups is 1. The second-order valence-electron chi connectivity index (χ2n) is 11.7. The van der Waals surface area contributed by atoms with Crippen LogP contribution in [-0.2, 0) is 24.9 Å². The van der Waals surface area contributed by atoms with Gasteiger partial charge in [-0.05, 0) is 49.7 Å². The van der Waals surface area contributed by atoms with Crippen molar-refractivity contribution in [3.8, 4) is 6.07 Å². The predicted molar refractivity (Wildman–Crippen MR) is 126 cm³/mol. The summed E-state index contributed by atoms with van der Waals surface area (Å²) in [5, 5.41) is 19.9. The van der Waals surface area contributed by atoms with Gasteiger partial charge in [0.15, 0.2) is 8.32 Å². The summed E-state index contributed by atoms with van der Waals surface area (Å²) < 4.78 is 53.2. The highest BCUT2D eigenvalue weighted by molar-refractivity contribution is 6.74. The van der Waals surface area contributed by atoms with E-state index in [0.29, 0.717) is 6.07 Å². The fraction of sp³-hybridized carbons (Fsp3) is 0.640. The molecule has 2 bridgehead atoms. The normalized spacial score (nSPS) is 32.2. The molecule has 3 aliphatic heterocycles. The van der Waals surface area contributed by atoms with E-state index in [4.69, 9.17) is 14.4 Å². The third-order valence-electron chi connectivity index (χ3n) is 8.60. The van der Waals surface area contributed by atoms with Crippen LogP contribution in [-0.4, -0.2) is 49.2 Å². The molecule has 1 N–H and O–H groups in total. The van der Waals surface area contributed by atoms with Gasteiger partial charge in [0.1, 0.15) is 5.60 Å². The predicted octanol–water partition coefficient (Wildman–Crippen LogP) is 4.39. The number of nitrogens with zero attached hydrogens (tertiary/aromatic N) is 2. The highest BCUT2D eigenvalue weighted by Gasteiger charge is 2.77. The Balaban J connectivity index is 1.68. The van der Waals surface area contributed by atoms with Crippen LogP contribution in [0.25, 0.3) is 0 Å². The van der Waals surface area contributed by atoms with Gasteiger partial charge in [-0.15, -0.1) is 0 Å². The van der Waals surface area contributed by atoms with E-state index in [1.807, 2.05) is 0 Å². The SMILES string of the molecule is CC12OC(CCO[Si](C)(C)C(C)(C)C)(C[C@@H]1O)[C@H]1C(=O)N(c3ccc(C#N)c(C(F)(F)F)c3)C(=O)[C@H]12. The van der Waals surface area contributed by atoms with E-state index in [1.165, 1.54) is 12.1 Å². The van der Waals surface area contributed by atoms with E-state index in [1.54, 1.807) is 6.92 Å². The maximum absolute atomic E-state index is 13.6. The Bertz CT molecular complexity index is 1160. The number of anilines is 1. The average Bonchev–Trinajstić information content (AvgIpc) is 3.27. The second kappa shape index (κ2) is 8.12. The zero-order valence-corrected chi connectivity index (χ0v) is 22.2. The van der Waals surface area contributed by atoms with Gasteiger partial charge in [-0.3, -0.25) is 9.59 Å². The first-order valence-corrected chi connectivity index (χ1v) is 14.8. The van der Waals surface area contributed by atoms with E-state index in [2.05, 4.69) is 33.9 Å². The Morgan fingerprint density at radius 1 is 1.22 bits per heavy atom. The van der Waals surface area contributed by atoms with Crippen LogP contribution in [0.15, 0.2) is 18.2 Å². The number of aliphatic hydroxyl groups excluding tert-OH is 1. The molecule has 0 radical (unpaired) electrons. The smallest absolute Gasteiger partial charge is 0.417 e. The number of carbonyl (C=O) groups is 2. The summed E-state index contributed by atoms with van der Waals surface area (Å²) >= 11 is 0. The van der Waals surface area contributed by atoms with Crippen molar-refractivity contribution in [2.75, 3.05) is 11.5 Å². The molecule has 11 heteroatoms.